The molecule has 116 valence electrons. The normalized spacial score (nSPS) is 25.5. The van der Waals surface area contributed by atoms with Gasteiger partial charge in [0.05, 0.1) is 5.75 Å². The first-order chi connectivity index (χ1) is 10.3. The van der Waals surface area contributed by atoms with Gasteiger partial charge in [0.2, 0.25) is 11.0 Å². The Morgan fingerprint density at radius 2 is 2.14 bits per heavy atom. The predicted molar refractivity (Wildman–Crippen MR) is 86.9 cm³/mol. The number of anilines is 1. The minimum absolute atomic E-state index is 0.276. The lowest BCUT2D eigenvalue weighted by Gasteiger charge is -2.44. The van der Waals surface area contributed by atoms with Crippen molar-refractivity contribution in [3.8, 4) is 0 Å². The van der Waals surface area contributed by atoms with Crippen LogP contribution in [0.2, 0.25) is 0 Å². The molecule has 1 N–H and O–H groups in total. The molecule has 1 saturated carbocycles. The number of hydrogen-bond acceptors (Lipinski definition) is 6. The fourth-order valence-corrected chi connectivity index (χ4v) is 5.10. The summed E-state index contributed by atoms with van der Waals surface area (Å²) in [6.07, 6.45) is 7.60. The van der Waals surface area contributed by atoms with Crippen LogP contribution in [0.25, 0.3) is 0 Å². The number of nitrogens with one attached hydrogen (secondary N) is 1. The topological polar surface area (TPSA) is 58.1 Å². The van der Waals surface area contributed by atoms with Crippen LogP contribution in [0.1, 0.15) is 38.5 Å². The Balaban J connectivity index is 1.56. The highest BCUT2D eigenvalue weighted by molar-refractivity contribution is 8.01. The summed E-state index contributed by atoms with van der Waals surface area (Å²) in [6.45, 7) is 0.943. The number of thioether (sulfide) groups is 1. The van der Waals surface area contributed by atoms with Gasteiger partial charge in [0.25, 0.3) is 0 Å². The third kappa shape index (κ3) is 3.51. The van der Waals surface area contributed by atoms with E-state index in [4.69, 9.17) is 0 Å². The van der Waals surface area contributed by atoms with E-state index < -0.39 is 0 Å². The average molecular weight is 326 g/mol. The molecule has 2 fully saturated rings. The predicted octanol–water partition coefficient (Wildman–Crippen LogP) is 2.85. The van der Waals surface area contributed by atoms with Gasteiger partial charge in [-0.3, -0.25) is 4.79 Å². The number of carbonyl (C=O) groups excluding carboxylic acids is 1. The molecule has 2 heterocycles. The monoisotopic (exact) mass is 326 g/mol. The summed E-state index contributed by atoms with van der Waals surface area (Å²) in [4.78, 5) is 14.7. The van der Waals surface area contributed by atoms with E-state index in [9.17, 15) is 4.79 Å². The van der Waals surface area contributed by atoms with E-state index in [1.54, 1.807) is 0 Å². The molecule has 0 spiro atoms. The van der Waals surface area contributed by atoms with Gasteiger partial charge in [0.15, 0.2) is 4.34 Å². The van der Waals surface area contributed by atoms with Gasteiger partial charge in [-0.25, -0.2) is 0 Å². The van der Waals surface area contributed by atoms with Crippen molar-refractivity contribution >= 4 is 34.1 Å². The third-order valence-electron chi connectivity index (χ3n) is 4.50. The molecule has 1 saturated heterocycles. The summed E-state index contributed by atoms with van der Waals surface area (Å²) in [5, 5.41) is 11.9. The van der Waals surface area contributed by atoms with Crippen LogP contribution in [0, 0.1) is 5.92 Å². The average Bonchev–Trinajstić information content (AvgIpc) is 3.00. The van der Waals surface area contributed by atoms with Crippen LogP contribution in [0.15, 0.2) is 4.34 Å². The van der Waals surface area contributed by atoms with E-state index >= 15 is 0 Å². The van der Waals surface area contributed by atoms with Crippen molar-refractivity contribution in [1.29, 1.82) is 0 Å². The summed E-state index contributed by atoms with van der Waals surface area (Å²) < 4.78 is 0.866. The number of likely N-dealkylation sites (tertiary alicyclic amines) is 1. The summed E-state index contributed by atoms with van der Waals surface area (Å²) in [7, 11) is 1.83. The van der Waals surface area contributed by atoms with Crippen LogP contribution in [0.4, 0.5) is 5.13 Å². The Hall–Kier alpha value is -0.820. The second-order valence-corrected chi connectivity index (χ2v) is 7.95. The zero-order valence-electron chi connectivity index (χ0n) is 12.4. The number of hydrogen-bond donors (Lipinski definition) is 1. The third-order valence-corrected chi connectivity index (χ3v) is 6.56. The maximum atomic E-state index is 12.5. The Morgan fingerprint density at radius 1 is 1.33 bits per heavy atom. The molecule has 1 aliphatic carbocycles. The molecule has 1 aromatic heterocycles. The number of rotatable bonds is 4. The van der Waals surface area contributed by atoms with Gasteiger partial charge in [-0.15, -0.1) is 10.2 Å². The van der Waals surface area contributed by atoms with Crippen LogP contribution < -0.4 is 5.32 Å². The minimum atomic E-state index is 0.276. The first-order valence-electron chi connectivity index (χ1n) is 7.71. The smallest absolute Gasteiger partial charge is 0.233 e. The number of fused-ring (bicyclic) bond motifs is 1. The number of nitrogens with zero attached hydrogens (tertiary/aromatic N) is 3. The maximum absolute atomic E-state index is 12.5. The molecule has 0 aromatic carbocycles. The first kappa shape index (κ1) is 15.1. The van der Waals surface area contributed by atoms with E-state index in [0.717, 1.165) is 21.9 Å². The molecule has 5 nitrogen and oxygen atoms in total. The molecule has 1 aromatic rings. The van der Waals surface area contributed by atoms with E-state index in [1.165, 1.54) is 61.6 Å². The van der Waals surface area contributed by atoms with Crippen LogP contribution in [0.5, 0.6) is 0 Å². The molecule has 1 amide bonds. The van der Waals surface area contributed by atoms with Gasteiger partial charge in [-0.05, 0) is 31.6 Å². The van der Waals surface area contributed by atoms with E-state index in [0.29, 0.717) is 11.8 Å². The summed E-state index contributed by atoms with van der Waals surface area (Å²) in [5.41, 5.74) is 0. The van der Waals surface area contributed by atoms with E-state index in [2.05, 4.69) is 20.4 Å². The molecule has 7 heteroatoms. The highest BCUT2D eigenvalue weighted by Crippen LogP contribution is 2.36. The highest BCUT2D eigenvalue weighted by atomic mass is 32.2. The van der Waals surface area contributed by atoms with Gasteiger partial charge in [0.1, 0.15) is 0 Å². The van der Waals surface area contributed by atoms with Crippen LogP contribution in [-0.4, -0.2) is 46.4 Å². The van der Waals surface area contributed by atoms with Gasteiger partial charge in [-0.1, -0.05) is 35.9 Å². The Bertz CT molecular complexity index is 491. The fraction of sp³-hybridized carbons (Fsp3) is 0.786. The van der Waals surface area contributed by atoms with Crippen LogP contribution in [0.3, 0.4) is 0 Å². The van der Waals surface area contributed by atoms with Gasteiger partial charge >= 0.3 is 0 Å². The van der Waals surface area contributed by atoms with E-state index in [-0.39, 0.29) is 5.91 Å². The van der Waals surface area contributed by atoms with Crippen molar-refractivity contribution in [1.82, 2.24) is 15.1 Å². The summed E-state index contributed by atoms with van der Waals surface area (Å²) in [6, 6.07) is 0.503. The van der Waals surface area contributed by atoms with Crippen molar-refractivity contribution < 1.29 is 4.79 Å². The first-order valence-corrected chi connectivity index (χ1v) is 9.51. The quantitative estimate of drug-likeness (QED) is 0.862. The van der Waals surface area contributed by atoms with Gasteiger partial charge in [0, 0.05) is 19.6 Å². The largest absolute Gasteiger partial charge is 0.363 e. The van der Waals surface area contributed by atoms with Crippen LogP contribution in [-0.2, 0) is 4.79 Å². The van der Waals surface area contributed by atoms with Crippen molar-refractivity contribution in [2.45, 2.75) is 48.9 Å². The van der Waals surface area contributed by atoms with Gasteiger partial charge in [-0.2, -0.15) is 0 Å². The number of amides is 1. The number of aromatic nitrogens is 2. The standard InChI is InChI=1S/C14H22N4OS2/c1-15-13-16-17-14(21-13)20-9-12(19)18-8-4-6-10-5-2-3-7-11(10)18/h10-11H,2-9H2,1H3,(H,15,16)/t10-,11-/m1/s1. The minimum Gasteiger partial charge on any atom is -0.363 e. The Morgan fingerprint density at radius 3 is 2.95 bits per heavy atom. The molecule has 1 aliphatic heterocycles. The molecule has 0 radical (unpaired) electrons. The molecule has 2 aliphatic rings. The molecule has 21 heavy (non-hydrogen) atoms. The number of piperidine rings is 1. The lowest BCUT2D eigenvalue weighted by Crippen LogP contribution is -2.50. The van der Waals surface area contributed by atoms with Crippen molar-refractivity contribution in [2.24, 2.45) is 5.92 Å². The van der Waals surface area contributed by atoms with Crippen molar-refractivity contribution in [3.05, 3.63) is 0 Å². The molecular formula is C14H22N4OS2. The lowest BCUT2D eigenvalue weighted by atomic mass is 9.78. The number of carbonyl (C=O) groups is 1. The lowest BCUT2D eigenvalue weighted by molar-refractivity contribution is -0.134. The molecule has 3 rings (SSSR count). The molecule has 2 atom stereocenters. The Kier molecular flexibility index (Phi) is 5.00. The Labute approximate surface area is 133 Å². The highest BCUT2D eigenvalue weighted by Gasteiger charge is 2.35. The van der Waals surface area contributed by atoms with Crippen molar-refractivity contribution in [2.75, 3.05) is 24.7 Å². The SMILES string of the molecule is CNc1nnc(SCC(=O)N2CCC[C@H]3CCCC[C@H]32)s1. The van der Waals surface area contributed by atoms with Crippen LogP contribution >= 0.6 is 23.1 Å². The van der Waals surface area contributed by atoms with Gasteiger partial charge < -0.3 is 10.2 Å². The molecular weight excluding hydrogens is 304 g/mol. The van der Waals surface area contributed by atoms with Crippen molar-refractivity contribution in [3.63, 3.8) is 0 Å². The molecule has 0 bridgehead atoms. The zero-order valence-corrected chi connectivity index (χ0v) is 14.0. The second-order valence-electron chi connectivity index (χ2n) is 5.75. The second kappa shape index (κ2) is 6.96. The summed E-state index contributed by atoms with van der Waals surface area (Å²) in [5.74, 6) is 1.51. The fourth-order valence-electron chi connectivity index (χ4n) is 3.51. The van der Waals surface area contributed by atoms with E-state index in [1.807, 2.05) is 7.05 Å². The zero-order chi connectivity index (χ0) is 14.7. The molecule has 0 unspecified atom stereocenters. The maximum Gasteiger partial charge on any atom is 0.233 e. The summed E-state index contributed by atoms with van der Waals surface area (Å²) >= 11 is 3.01.